The van der Waals surface area contributed by atoms with Crippen LogP contribution in [0.5, 0.6) is 0 Å². The van der Waals surface area contributed by atoms with Crippen LogP contribution in [0.3, 0.4) is 0 Å². The summed E-state index contributed by atoms with van der Waals surface area (Å²) >= 11 is 6.18. The van der Waals surface area contributed by atoms with Crippen molar-refractivity contribution in [3.05, 3.63) is 106 Å². The van der Waals surface area contributed by atoms with Gasteiger partial charge in [-0.3, -0.25) is 8.98 Å². The summed E-state index contributed by atoms with van der Waals surface area (Å²) in [6.45, 7) is 0. The van der Waals surface area contributed by atoms with E-state index < -0.39 is 33.6 Å². The lowest BCUT2D eigenvalue weighted by Crippen LogP contribution is -2.22. The molecular weight excluding hydrogens is 403 g/mol. The second-order valence-electron chi connectivity index (χ2n) is 6.06. The molecule has 1 unspecified atom stereocenters. The fourth-order valence-electron chi connectivity index (χ4n) is 2.65. The zero-order valence-electron chi connectivity index (χ0n) is 14.6. The Morgan fingerprint density at radius 2 is 1.54 bits per heavy atom. The largest absolute Gasteiger partial charge is 0.291 e. The van der Waals surface area contributed by atoms with Crippen LogP contribution in [-0.4, -0.2) is 14.2 Å². The van der Waals surface area contributed by atoms with Gasteiger partial charge in [0.1, 0.15) is 11.6 Å². The number of Topliss-reactive ketones (excluding diaryl/α,β-unsaturated/α-hetero) is 1. The minimum absolute atomic E-state index is 0.112. The Morgan fingerprint density at radius 3 is 2.18 bits per heavy atom. The Hall–Kier alpha value is -2.54. The number of benzene rings is 3. The van der Waals surface area contributed by atoms with Gasteiger partial charge in [-0.15, -0.1) is 0 Å². The van der Waals surface area contributed by atoms with Crippen molar-refractivity contribution >= 4 is 27.5 Å². The highest BCUT2D eigenvalue weighted by Crippen LogP contribution is 2.31. The lowest BCUT2D eigenvalue weighted by atomic mass is 10.00. The van der Waals surface area contributed by atoms with E-state index in [1.807, 2.05) is 0 Å². The second kappa shape index (κ2) is 8.65. The molecule has 7 heteroatoms. The van der Waals surface area contributed by atoms with E-state index in [2.05, 4.69) is 0 Å². The van der Waals surface area contributed by atoms with Crippen molar-refractivity contribution in [1.29, 1.82) is 0 Å². The molecule has 0 spiro atoms. The maximum Gasteiger partial charge on any atom is 0.272 e. The predicted octanol–water partition coefficient (Wildman–Crippen LogP) is 4.95. The molecule has 0 fully saturated rings. The van der Waals surface area contributed by atoms with Crippen LogP contribution in [0.1, 0.15) is 27.6 Å². The molecule has 0 aliphatic heterocycles. The maximum absolute atomic E-state index is 13.2. The Labute approximate surface area is 167 Å². The molecule has 4 nitrogen and oxygen atoms in total. The molecule has 3 rings (SSSR count). The summed E-state index contributed by atoms with van der Waals surface area (Å²) in [7, 11) is -4.11. The van der Waals surface area contributed by atoms with Crippen LogP contribution >= 0.6 is 11.6 Å². The van der Waals surface area contributed by atoms with Crippen LogP contribution < -0.4 is 0 Å². The van der Waals surface area contributed by atoms with E-state index >= 15 is 0 Å². The first-order valence-corrected chi connectivity index (χ1v) is 10.3. The van der Waals surface area contributed by atoms with E-state index in [9.17, 15) is 17.6 Å². The number of ketones is 1. The van der Waals surface area contributed by atoms with E-state index in [-0.39, 0.29) is 16.1 Å². The summed E-state index contributed by atoms with van der Waals surface area (Å²) in [6, 6.07) is 19.6. The molecule has 0 N–H and O–H groups in total. The molecule has 3 aromatic rings. The minimum atomic E-state index is -4.11. The number of rotatable bonds is 7. The van der Waals surface area contributed by atoms with Gasteiger partial charge in [0.2, 0.25) is 0 Å². The molecule has 0 saturated carbocycles. The van der Waals surface area contributed by atoms with Crippen LogP contribution in [0, 0.1) is 5.82 Å². The Kier molecular flexibility index (Phi) is 6.24. The molecule has 1 atom stereocenters. The summed E-state index contributed by atoms with van der Waals surface area (Å²) in [4.78, 5) is 13.0. The lowest BCUT2D eigenvalue weighted by molar-refractivity contribution is 0.0801. The highest BCUT2D eigenvalue weighted by molar-refractivity contribution is 7.85. The predicted molar refractivity (Wildman–Crippen MR) is 105 cm³/mol. The molecule has 0 heterocycles. The van der Waals surface area contributed by atoms with Gasteiger partial charge in [0.15, 0.2) is 11.9 Å². The average molecular weight is 419 g/mol. The van der Waals surface area contributed by atoms with Crippen LogP contribution in [-0.2, 0) is 20.1 Å². The van der Waals surface area contributed by atoms with Crippen LogP contribution in [0.25, 0.3) is 0 Å². The summed E-state index contributed by atoms with van der Waals surface area (Å²) in [5.41, 5.74) is 0.853. The lowest BCUT2D eigenvalue weighted by Gasteiger charge is -2.18. The molecule has 28 heavy (non-hydrogen) atoms. The van der Waals surface area contributed by atoms with Crippen molar-refractivity contribution in [3.8, 4) is 0 Å². The van der Waals surface area contributed by atoms with Crippen molar-refractivity contribution in [2.45, 2.75) is 11.9 Å². The minimum Gasteiger partial charge on any atom is -0.291 e. The highest BCUT2D eigenvalue weighted by Gasteiger charge is 2.30. The van der Waals surface area contributed by atoms with Gasteiger partial charge >= 0.3 is 0 Å². The zero-order valence-corrected chi connectivity index (χ0v) is 16.2. The summed E-state index contributed by atoms with van der Waals surface area (Å²) in [5.74, 6) is -1.54. The molecule has 0 bridgehead atoms. The van der Waals surface area contributed by atoms with Gasteiger partial charge in [-0.1, -0.05) is 60.1 Å². The first-order valence-electron chi connectivity index (χ1n) is 8.35. The van der Waals surface area contributed by atoms with Gasteiger partial charge in [-0.05, 0) is 35.9 Å². The normalized spacial score (nSPS) is 12.5. The average Bonchev–Trinajstić information content (AvgIpc) is 2.67. The van der Waals surface area contributed by atoms with Gasteiger partial charge < -0.3 is 0 Å². The molecule has 0 amide bonds. The standard InChI is InChI=1S/C21H16ClFO4S/c22-19-9-5-4-8-18(19)21(20(24)16-10-12-17(23)13-11-16)27-28(25,26)14-15-6-2-1-3-7-15/h1-13,21H,14H2. The van der Waals surface area contributed by atoms with Crippen molar-refractivity contribution < 1.29 is 21.8 Å². The van der Waals surface area contributed by atoms with Gasteiger partial charge in [-0.2, -0.15) is 8.42 Å². The van der Waals surface area contributed by atoms with Crippen molar-refractivity contribution in [2.24, 2.45) is 0 Å². The van der Waals surface area contributed by atoms with E-state index in [1.54, 1.807) is 42.5 Å². The van der Waals surface area contributed by atoms with Gasteiger partial charge in [0, 0.05) is 16.1 Å². The first-order chi connectivity index (χ1) is 13.4. The van der Waals surface area contributed by atoms with E-state index in [4.69, 9.17) is 15.8 Å². The molecule has 0 aromatic heterocycles. The third-order valence-corrected chi connectivity index (χ3v) is 5.50. The van der Waals surface area contributed by atoms with Crippen molar-refractivity contribution in [3.63, 3.8) is 0 Å². The molecule has 0 aliphatic carbocycles. The summed E-state index contributed by atoms with van der Waals surface area (Å²) in [5, 5.41) is 0.192. The first kappa shape index (κ1) is 20.2. The Balaban J connectivity index is 1.95. The number of halogens is 2. The van der Waals surface area contributed by atoms with E-state index in [1.165, 1.54) is 24.3 Å². The van der Waals surface area contributed by atoms with Crippen LogP contribution in [0.4, 0.5) is 4.39 Å². The van der Waals surface area contributed by atoms with Gasteiger partial charge in [0.05, 0.1) is 0 Å². The third kappa shape index (κ3) is 5.04. The molecule has 0 saturated heterocycles. The third-order valence-electron chi connectivity index (χ3n) is 3.98. The topological polar surface area (TPSA) is 60.4 Å². The smallest absolute Gasteiger partial charge is 0.272 e. The van der Waals surface area contributed by atoms with Crippen molar-refractivity contribution in [1.82, 2.24) is 0 Å². The fourth-order valence-corrected chi connectivity index (χ4v) is 4.04. The Morgan fingerprint density at radius 1 is 0.929 bits per heavy atom. The highest BCUT2D eigenvalue weighted by atomic mass is 35.5. The molecule has 0 aliphatic rings. The monoisotopic (exact) mass is 418 g/mol. The van der Waals surface area contributed by atoms with Gasteiger partial charge in [-0.25, -0.2) is 4.39 Å². The number of hydrogen-bond acceptors (Lipinski definition) is 4. The Bertz CT molecular complexity index is 1070. The van der Waals surface area contributed by atoms with E-state index in [0.717, 1.165) is 12.1 Å². The van der Waals surface area contributed by atoms with Crippen LogP contribution in [0.2, 0.25) is 5.02 Å². The van der Waals surface area contributed by atoms with Crippen molar-refractivity contribution in [2.75, 3.05) is 0 Å². The van der Waals surface area contributed by atoms with Gasteiger partial charge in [0.25, 0.3) is 10.1 Å². The van der Waals surface area contributed by atoms with E-state index in [0.29, 0.717) is 5.56 Å². The number of carbonyl (C=O) groups is 1. The second-order valence-corrected chi connectivity index (χ2v) is 8.06. The number of carbonyl (C=O) groups excluding carboxylic acids is 1. The van der Waals surface area contributed by atoms with Crippen LogP contribution in [0.15, 0.2) is 78.9 Å². The molecule has 3 aromatic carbocycles. The molecule has 144 valence electrons. The summed E-state index contributed by atoms with van der Waals surface area (Å²) in [6.07, 6.45) is -1.48. The molecule has 0 radical (unpaired) electrons. The quantitative estimate of drug-likeness (QED) is 0.402. The summed E-state index contributed by atoms with van der Waals surface area (Å²) < 4.78 is 43.7. The fraction of sp³-hybridized carbons (Fsp3) is 0.0952. The maximum atomic E-state index is 13.2. The molecular formula is C21H16ClFO4S. The zero-order chi connectivity index (χ0) is 20.1. The SMILES string of the molecule is O=C(c1ccc(F)cc1)C(OS(=O)(=O)Cc1ccccc1)c1ccccc1Cl. The number of hydrogen-bond donors (Lipinski definition) is 0.